The molecular weight excluding hydrogens is 336 g/mol. The lowest BCUT2D eigenvalue weighted by Crippen LogP contribution is -2.60. The Hall–Kier alpha value is -2.09. The molecule has 26 heavy (non-hydrogen) atoms. The van der Waals surface area contributed by atoms with Crippen LogP contribution < -0.4 is 5.73 Å². The van der Waals surface area contributed by atoms with E-state index in [-0.39, 0.29) is 17.9 Å². The third-order valence-corrected chi connectivity index (χ3v) is 5.32. The van der Waals surface area contributed by atoms with Crippen LogP contribution in [0.25, 0.3) is 0 Å². The zero-order valence-electron chi connectivity index (χ0n) is 15.9. The predicted molar refractivity (Wildman–Crippen MR) is 97.2 cm³/mol. The number of hydrogen-bond donors (Lipinski definition) is 1. The molecule has 8 heteroatoms. The minimum atomic E-state index is -0.634. The Morgan fingerprint density at radius 3 is 2.31 bits per heavy atom. The van der Waals surface area contributed by atoms with E-state index in [2.05, 4.69) is 6.58 Å². The van der Waals surface area contributed by atoms with E-state index < -0.39 is 17.6 Å². The van der Waals surface area contributed by atoms with E-state index in [1.807, 2.05) is 13.8 Å². The summed E-state index contributed by atoms with van der Waals surface area (Å²) in [4.78, 5) is 41.2. The average Bonchev–Trinajstić information content (AvgIpc) is 2.60. The van der Waals surface area contributed by atoms with Gasteiger partial charge in [-0.1, -0.05) is 20.4 Å². The maximum Gasteiger partial charge on any atom is 0.320 e. The van der Waals surface area contributed by atoms with Gasteiger partial charge in [-0.25, -0.2) is 4.79 Å². The molecule has 0 unspecified atom stereocenters. The number of morpholine rings is 1. The first-order valence-corrected chi connectivity index (χ1v) is 9.07. The third-order valence-electron chi connectivity index (χ3n) is 5.32. The lowest BCUT2D eigenvalue weighted by molar-refractivity contribution is -0.154. The Bertz CT molecular complexity index is 570. The SMILES string of the molecule is C=CC(=O)N1CCOC2(CCN(C(=O)N(C)[C@H](C(N)=O)C(C)C)CC2)C1. The first-order valence-electron chi connectivity index (χ1n) is 9.07. The summed E-state index contributed by atoms with van der Waals surface area (Å²) >= 11 is 0. The van der Waals surface area contributed by atoms with Crippen LogP contribution >= 0.6 is 0 Å². The number of piperidine rings is 1. The van der Waals surface area contributed by atoms with Gasteiger partial charge in [-0.05, 0) is 24.8 Å². The summed E-state index contributed by atoms with van der Waals surface area (Å²) in [7, 11) is 1.61. The average molecular weight is 366 g/mol. The molecule has 8 nitrogen and oxygen atoms in total. The van der Waals surface area contributed by atoms with Crippen molar-refractivity contribution in [3.8, 4) is 0 Å². The monoisotopic (exact) mass is 366 g/mol. The predicted octanol–water partition coefficient (Wildman–Crippen LogP) is 0.428. The van der Waals surface area contributed by atoms with Crippen LogP contribution in [0, 0.1) is 5.92 Å². The van der Waals surface area contributed by atoms with Crippen molar-refractivity contribution in [2.75, 3.05) is 39.8 Å². The van der Waals surface area contributed by atoms with Crippen LogP contribution in [-0.4, -0.2) is 84.0 Å². The second kappa shape index (κ2) is 8.07. The number of hydrogen-bond acceptors (Lipinski definition) is 4. The number of urea groups is 1. The Morgan fingerprint density at radius 2 is 1.81 bits per heavy atom. The number of rotatable bonds is 4. The van der Waals surface area contributed by atoms with E-state index in [1.54, 1.807) is 16.8 Å². The molecule has 0 aromatic heterocycles. The van der Waals surface area contributed by atoms with Gasteiger partial charge in [-0.2, -0.15) is 0 Å². The van der Waals surface area contributed by atoms with Crippen molar-refractivity contribution < 1.29 is 19.1 Å². The fourth-order valence-electron chi connectivity index (χ4n) is 3.88. The molecule has 0 bridgehead atoms. The van der Waals surface area contributed by atoms with Gasteiger partial charge in [0, 0.05) is 26.7 Å². The topological polar surface area (TPSA) is 96.2 Å². The lowest BCUT2D eigenvalue weighted by atomic mass is 9.89. The number of carbonyl (C=O) groups excluding carboxylic acids is 3. The van der Waals surface area contributed by atoms with Crippen LogP contribution in [0.3, 0.4) is 0 Å². The summed E-state index contributed by atoms with van der Waals surface area (Å²) in [5, 5.41) is 0. The number of ether oxygens (including phenoxy) is 1. The number of nitrogens with two attached hydrogens (primary N) is 1. The summed E-state index contributed by atoms with van der Waals surface area (Å²) in [6.07, 6.45) is 2.62. The maximum absolute atomic E-state index is 12.8. The van der Waals surface area contributed by atoms with Gasteiger partial charge in [0.1, 0.15) is 6.04 Å². The van der Waals surface area contributed by atoms with Crippen LogP contribution in [0.4, 0.5) is 4.79 Å². The Morgan fingerprint density at radius 1 is 1.19 bits per heavy atom. The fraction of sp³-hybridized carbons (Fsp3) is 0.722. The molecule has 0 radical (unpaired) electrons. The summed E-state index contributed by atoms with van der Waals surface area (Å²) in [5.74, 6) is -0.650. The molecule has 2 heterocycles. The number of likely N-dealkylation sites (N-methyl/N-ethyl adjacent to an activating group) is 1. The van der Waals surface area contributed by atoms with Crippen LogP contribution in [0.1, 0.15) is 26.7 Å². The number of amides is 4. The van der Waals surface area contributed by atoms with Gasteiger partial charge in [0.05, 0.1) is 18.8 Å². The number of carbonyl (C=O) groups is 3. The van der Waals surface area contributed by atoms with Gasteiger partial charge in [0.15, 0.2) is 0 Å². The molecule has 1 atom stereocenters. The summed E-state index contributed by atoms with van der Waals surface area (Å²) in [6, 6.07) is -0.836. The molecule has 4 amide bonds. The Labute approximate surface area is 154 Å². The molecule has 0 aromatic carbocycles. The molecule has 2 fully saturated rings. The first kappa shape index (κ1) is 20.2. The molecule has 146 valence electrons. The molecule has 2 rings (SSSR count). The molecule has 0 aliphatic carbocycles. The molecule has 2 aliphatic heterocycles. The second-order valence-corrected chi connectivity index (χ2v) is 7.47. The van der Waals surface area contributed by atoms with E-state index in [1.165, 1.54) is 11.0 Å². The Kier molecular flexibility index (Phi) is 6.28. The van der Waals surface area contributed by atoms with E-state index in [4.69, 9.17) is 10.5 Å². The maximum atomic E-state index is 12.8. The standard InChI is InChI=1S/C18H30N4O4/c1-5-14(23)22-10-11-26-18(12-22)6-8-21(9-7-18)17(25)20(4)15(13(2)3)16(19)24/h5,13,15H,1,6-12H2,2-4H3,(H2,19,24)/t15-/m0/s1. The summed E-state index contributed by atoms with van der Waals surface area (Å²) in [5.41, 5.74) is 5.05. The molecule has 2 saturated heterocycles. The van der Waals surface area contributed by atoms with Crippen molar-refractivity contribution >= 4 is 17.8 Å². The normalized spacial score (nSPS) is 20.8. The quantitative estimate of drug-likeness (QED) is 0.730. The van der Waals surface area contributed by atoms with Gasteiger partial charge in [-0.3, -0.25) is 9.59 Å². The van der Waals surface area contributed by atoms with Crippen molar-refractivity contribution in [3.05, 3.63) is 12.7 Å². The largest absolute Gasteiger partial charge is 0.371 e. The number of likely N-dealkylation sites (tertiary alicyclic amines) is 1. The highest BCUT2D eigenvalue weighted by molar-refractivity contribution is 5.87. The van der Waals surface area contributed by atoms with Crippen molar-refractivity contribution in [2.45, 2.75) is 38.3 Å². The highest BCUT2D eigenvalue weighted by atomic mass is 16.5. The highest BCUT2D eigenvalue weighted by Gasteiger charge is 2.42. The highest BCUT2D eigenvalue weighted by Crippen LogP contribution is 2.31. The van der Waals surface area contributed by atoms with E-state index >= 15 is 0 Å². The van der Waals surface area contributed by atoms with Crippen LogP contribution in [0.15, 0.2) is 12.7 Å². The summed E-state index contributed by atoms with van der Waals surface area (Å²) < 4.78 is 5.99. The third kappa shape index (κ3) is 4.17. The molecule has 0 aromatic rings. The number of primary amides is 1. The minimum Gasteiger partial charge on any atom is -0.371 e. The van der Waals surface area contributed by atoms with Gasteiger partial charge in [-0.15, -0.1) is 0 Å². The zero-order valence-corrected chi connectivity index (χ0v) is 15.9. The van der Waals surface area contributed by atoms with Gasteiger partial charge in [0.25, 0.3) is 0 Å². The van der Waals surface area contributed by atoms with Crippen LogP contribution in [-0.2, 0) is 14.3 Å². The smallest absolute Gasteiger partial charge is 0.320 e. The second-order valence-electron chi connectivity index (χ2n) is 7.47. The fourth-order valence-corrected chi connectivity index (χ4v) is 3.88. The van der Waals surface area contributed by atoms with Crippen molar-refractivity contribution in [1.29, 1.82) is 0 Å². The summed E-state index contributed by atoms with van der Waals surface area (Å²) in [6.45, 7) is 9.88. The van der Waals surface area contributed by atoms with E-state index in [0.29, 0.717) is 45.6 Å². The van der Waals surface area contributed by atoms with E-state index in [0.717, 1.165) is 0 Å². The van der Waals surface area contributed by atoms with Crippen molar-refractivity contribution in [1.82, 2.24) is 14.7 Å². The molecule has 2 N–H and O–H groups in total. The van der Waals surface area contributed by atoms with Gasteiger partial charge < -0.3 is 25.2 Å². The van der Waals surface area contributed by atoms with Crippen LogP contribution in [0.5, 0.6) is 0 Å². The van der Waals surface area contributed by atoms with E-state index in [9.17, 15) is 14.4 Å². The molecule has 1 spiro atoms. The Balaban J connectivity index is 1.99. The first-order chi connectivity index (χ1) is 12.2. The lowest BCUT2D eigenvalue weighted by Gasteiger charge is -2.47. The zero-order chi connectivity index (χ0) is 19.5. The molecule has 0 saturated carbocycles. The molecule has 2 aliphatic rings. The van der Waals surface area contributed by atoms with Gasteiger partial charge >= 0.3 is 6.03 Å². The van der Waals surface area contributed by atoms with Crippen molar-refractivity contribution in [3.63, 3.8) is 0 Å². The number of nitrogens with zero attached hydrogens (tertiary/aromatic N) is 3. The van der Waals surface area contributed by atoms with Gasteiger partial charge in [0.2, 0.25) is 11.8 Å². The van der Waals surface area contributed by atoms with Crippen LogP contribution in [0.2, 0.25) is 0 Å². The minimum absolute atomic E-state index is 0.0577. The van der Waals surface area contributed by atoms with Crippen molar-refractivity contribution in [2.24, 2.45) is 11.7 Å². The molecular formula is C18H30N4O4.